The van der Waals surface area contributed by atoms with E-state index in [0.29, 0.717) is 0 Å². The van der Waals surface area contributed by atoms with Crippen LogP contribution in [0.15, 0.2) is 34.6 Å². The van der Waals surface area contributed by atoms with E-state index in [9.17, 15) is 0 Å². The molecule has 0 fully saturated rings. The molecule has 2 aromatic heterocycles. The number of fused-ring (bicyclic) bond motifs is 3. The number of rotatable bonds is 0. The topological polar surface area (TPSA) is 29.1 Å². The second-order valence-corrected chi connectivity index (χ2v) is 2.56. The lowest BCUT2D eigenvalue weighted by Gasteiger charge is -1.79. The fourth-order valence-electron chi connectivity index (χ4n) is 1.42. The molecule has 0 aromatic carbocycles. The van der Waals surface area contributed by atoms with Crippen molar-refractivity contribution in [1.29, 1.82) is 0 Å². The minimum absolute atomic E-state index is 0.973. The van der Waals surface area contributed by atoms with Crippen molar-refractivity contribution < 1.29 is 0 Å². The fraction of sp³-hybridized carbons (Fsp3) is 0. The van der Waals surface area contributed by atoms with Gasteiger partial charge in [0.2, 0.25) is 0 Å². The molecule has 0 unspecified atom stereocenters. The predicted octanol–water partition coefficient (Wildman–Crippen LogP) is 1.49. The van der Waals surface area contributed by atoms with Gasteiger partial charge in [-0.15, -0.1) is 5.11 Å². The molecule has 0 amide bonds. The number of azo groups is 1. The maximum atomic E-state index is 3.96. The van der Waals surface area contributed by atoms with Gasteiger partial charge < -0.3 is 4.40 Å². The first-order valence-corrected chi connectivity index (χ1v) is 3.46. The van der Waals surface area contributed by atoms with Crippen molar-refractivity contribution in [1.82, 2.24) is 4.40 Å². The standard InChI is InChI=1S/C8H5N3/c1-2-6-4-7-8(5-9-10-7)11(6)3-1/h1-5H. The van der Waals surface area contributed by atoms with Gasteiger partial charge in [0.1, 0.15) is 5.69 Å². The summed E-state index contributed by atoms with van der Waals surface area (Å²) in [6.07, 6.45) is 3.80. The molecule has 0 N–H and O–H groups in total. The summed E-state index contributed by atoms with van der Waals surface area (Å²) in [5, 5.41) is 8.87. The van der Waals surface area contributed by atoms with Crippen LogP contribution in [-0.2, 0) is 0 Å². The van der Waals surface area contributed by atoms with E-state index < -0.39 is 0 Å². The van der Waals surface area contributed by atoms with E-state index in [2.05, 4.69) is 20.7 Å². The van der Waals surface area contributed by atoms with Gasteiger partial charge in [0.25, 0.3) is 0 Å². The largest absolute Gasteiger partial charge is 0.314 e. The van der Waals surface area contributed by atoms with Gasteiger partial charge in [0, 0.05) is 11.7 Å². The van der Waals surface area contributed by atoms with E-state index in [1.165, 1.54) is 5.52 Å². The van der Waals surface area contributed by atoms with Crippen LogP contribution >= 0.6 is 0 Å². The summed E-state index contributed by atoms with van der Waals surface area (Å²) >= 11 is 0. The molecule has 0 atom stereocenters. The molecule has 1 aliphatic heterocycles. The Morgan fingerprint density at radius 3 is 3.36 bits per heavy atom. The number of hydrogen-bond donors (Lipinski definition) is 0. The molecular weight excluding hydrogens is 138 g/mol. The Labute approximate surface area is 62.7 Å². The third-order valence-corrected chi connectivity index (χ3v) is 1.93. The highest BCUT2D eigenvalue weighted by atomic mass is 15.1. The Balaban J connectivity index is 2.68. The van der Waals surface area contributed by atoms with Crippen LogP contribution in [0.25, 0.3) is 11.7 Å². The lowest BCUT2D eigenvalue weighted by molar-refractivity contribution is 1.18. The molecule has 3 heterocycles. The van der Waals surface area contributed by atoms with Crippen molar-refractivity contribution in [2.45, 2.75) is 0 Å². The van der Waals surface area contributed by atoms with Crippen LogP contribution in [0.2, 0.25) is 0 Å². The summed E-state index contributed by atoms with van der Waals surface area (Å²) in [4.78, 5) is 0. The van der Waals surface area contributed by atoms with E-state index in [-0.39, 0.29) is 0 Å². The zero-order valence-electron chi connectivity index (χ0n) is 5.73. The maximum Gasteiger partial charge on any atom is 0.113 e. The molecule has 0 saturated carbocycles. The summed E-state index contributed by atoms with van der Waals surface area (Å²) < 4.78 is 2.08. The van der Waals surface area contributed by atoms with Crippen LogP contribution in [0.5, 0.6) is 0 Å². The maximum absolute atomic E-state index is 3.96. The van der Waals surface area contributed by atoms with Crippen LogP contribution < -0.4 is 5.35 Å². The van der Waals surface area contributed by atoms with Crippen LogP contribution in [0.4, 0.5) is 5.69 Å². The molecule has 2 aromatic rings. The van der Waals surface area contributed by atoms with Crippen molar-refractivity contribution in [2.75, 3.05) is 0 Å². The van der Waals surface area contributed by atoms with Gasteiger partial charge in [0.05, 0.1) is 11.5 Å². The van der Waals surface area contributed by atoms with Gasteiger partial charge in [-0.05, 0) is 18.2 Å². The Morgan fingerprint density at radius 2 is 2.36 bits per heavy atom. The van der Waals surface area contributed by atoms with Crippen molar-refractivity contribution in [3.05, 3.63) is 29.7 Å². The third kappa shape index (κ3) is 0.487. The van der Waals surface area contributed by atoms with Gasteiger partial charge in [0.15, 0.2) is 0 Å². The molecule has 0 radical (unpaired) electrons. The van der Waals surface area contributed by atoms with Crippen molar-refractivity contribution in [2.24, 2.45) is 10.2 Å². The molecule has 11 heavy (non-hydrogen) atoms. The van der Waals surface area contributed by atoms with Gasteiger partial charge >= 0.3 is 0 Å². The molecule has 52 valence electrons. The van der Waals surface area contributed by atoms with Gasteiger partial charge in [-0.3, -0.25) is 0 Å². The molecule has 0 spiro atoms. The van der Waals surface area contributed by atoms with Gasteiger partial charge in [-0.2, -0.15) is 5.11 Å². The normalized spacial score (nSPS) is 13.8. The van der Waals surface area contributed by atoms with E-state index in [1.54, 1.807) is 6.20 Å². The zero-order valence-corrected chi connectivity index (χ0v) is 5.73. The minimum atomic E-state index is 0.973. The zero-order chi connectivity index (χ0) is 7.26. The first-order chi connectivity index (χ1) is 5.45. The molecule has 0 saturated heterocycles. The average Bonchev–Trinajstić information content (AvgIpc) is 2.52. The minimum Gasteiger partial charge on any atom is -0.314 e. The first kappa shape index (κ1) is 5.07. The summed E-state index contributed by atoms with van der Waals surface area (Å²) in [7, 11) is 0. The lowest BCUT2D eigenvalue weighted by Crippen LogP contribution is -2.03. The number of aromatic nitrogens is 1. The highest BCUT2D eigenvalue weighted by Gasteiger charge is 2.05. The summed E-state index contributed by atoms with van der Waals surface area (Å²) in [5.74, 6) is 0. The molecule has 3 nitrogen and oxygen atoms in total. The lowest BCUT2D eigenvalue weighted by atomic mass is 10.4. The first-order valence-electron chi connectivity index (χ1n) is 3.46. The highest BCUT2D eigenvalue weighted by Crippen LogP contribution is 2.16. The van der Waals surface area contributed by atoms with Crippen LogP contribution in [0, 0.1) is 0 Å². The van der Waals surface area contributed by atoms with Crippen molar-refractivity contribution in [3.63, 3.8) is 0 Å². The molecular formula is C8H5N3. The second kappa shape index (κ2) is 1.50. The van der Waals surface area contributed by atoms with Crippen molar-refractivity contribution >= 4 is 17.4 Å². The smallest absolute Gasteiger partial charge is 0.113 e. The average molecular weight is 143 g/mol. The third-order valence-electron chi connectivity index (χ3n) is 1.93. The van der Waals surface area contributed by atoms with E-state index >= 15 is 0 Å². The molecule has 1 aliphatic rings. The van der Waals surface area contributed by atoms with E-state index in [1.807, 2.05) is 18.3 Å². The SMILES string of the molecule is C1=c2c(cc3cccn23)N=N1. The predicted molar refractivity (Wildman–Crippen MR) is 41.6 cm³/mol. The number of nitrogens with zero attached hydrogens (tertiary/aromatic N) is 3. The van der Waals surface area contributed by atoms with E-state index in [4.69, 9.17) is 0 Å². The monoisotopic (exact) mass is 143 g/mol. The Morgan fingerprint density at radius 1 is 1.36 bits per heavy atom. The molecule has 3 rings (SSSR count). The van der Waals surface area contributed by atoms with Crippen LogP contribution in [0.3, 0.4) is 0 Å². The van der Waals surface area contributed by atoms with Crippen LogP contribution in [-0.4, -0.2) is 4.40 Å². The summed E-state index contributed by atoms with van der Waals surface area (Å²) in [5.41, 5.74) is 2.16. The molecule has 0 bridgehead atoms. The van der Waals surface area contributed by atoms with Gasteiger partial charge in [-0.25, -0.2) is 0 Å². The molecule has 0 aliphatic carbocycles. The summed E-state index contributed by atoms with van der Waals surface area (Å²) in [6, 6.07) is 6.10. The number of hydrogen-bond acceptors (Lipinski definition) is 2. The van der Waals surface area contributed by atoms with Crippen LogP contribution in [0.1, 0.15) is 0 Å². The van der Waals surface area contributed by atoms with Gasteiger partial charge in [-0.1, -0.05) is 0 Å². The van der Waals surface area contributed by atoms with Crippen molar-refractivity contribution in [3.8, 4) is 0 Å². The fourth-order valence-corrected chi connectivity index (χ4v) is 1.42. The Kier molecular flexibility index (Phi) is 0.692. The molecule has 3 heteroatoms. The highest BCUT2D eigenvalue weighted by molar-refractivity contribution is 5.62. The van der Waals surface area contributed by atoms with E-state index in [0.717, 1.165) is 11.0 Å². The summed E-state index contributed by atoms with van der Waals surface area (Å²) in [6.45, 7) is 0. The quantitative estimate of drug-likeness (QED) is 0.534. The Hall–Kier alpha value is -1.64. The Bertz CT molecular complexity index is 493. The second-order valence-electron chi connectivity index (χ2n) is 2.56.